The fourth-order valence-electron chi connectivity index (χ4n) is 7.89. The number of fused-ring (bicyclic) bond motifs is 7. The van der Waals surface area contributed by atoms with Crippen LogP contribution < -0.4 is 0 Å². The first-order valence-electron chi connectivity index (χ1n) is 10.9. The summed E-state index contributed by atoms with van der Waals surface area (Å²) in [5, 5.41) is 10.6. The van der Waals surface area contributed by atoms with Gasteiger partial charge in [0.15, 0.2) is 0 Å². The van der Waals surface area contributed by atoms with Crippen LogP contribution >= 0.6 is 0 Å². The molecule has 1 nitrogen and oxygen atoms in total. The molecule has 1 N–H and O–H groups in total. The van der Waals surface area contributed by atoms with Crippen molar-refractivity contribution in [2.24, 2.45) is 41.4 Å². The van der Waals surface area contributed by atoms with E-state index in [1.54, 1.807) is 5.57 Å². The van der Waals surface area contributed by atoms with Gasteiger partial charge in [-0.3, -0.25) is 0 Å². The van der Waals surface area contributed by atoms with Gasteiger partial charge in [0.25, 0.3) is 0 Å². The van der Waals surface area contributed by atoms with Crippen molar-refractivity contribution in [2.75, 3.05) is 0 Å². The summed E-state index contributed by atoms with van der Waals surface area (Å²) in [4.78, 5) is 0. The van der Waals surface area contributed by atoms with E-state index in [1.165, 1.54) is 64.2 Å². The summed E-state index contributed by atoms with van der Waals surface area (Å²) in [5.74, 6) is 6.05. The molecule has 0 aliphatic heterocycles. The van der Waals surface area contributed by atoms with Gasteiger partial charge >= 0.3 is 0 Å². The van der Waals surface area contributed by atoms with Crippen molar-refractivity contribution in [3.05, 3.63) is 11.6 Å². The first-order chi connectivity index (χ1) is 11.7. The fourth-order valence-corrected chi connectivity index (χ4v) is 7.89. The smallest absolute Gasteiger partial charge is 0.0734 e. The van der Waals surface area contributed by atoms with E-state index in [1.807, 2.05) is 0 Å². The minimum atomic E-state index is -0.252. The molecule has 2 radical (unpaired) electrons. The zero-order valence-electron chi connectivity index (χ0n) is 15.1. The molecule has 0 aromatic heterocycles. The zero-order valence-corrected chi connectivity index (χ0v) is 15.1. The highest BCUT2D eigenvalue weighted by molar-refractivity contribution is 6.12. The second kappa shape index (κ2) is 6.18. The highest BCUT2D eigenvalue weighted by Gasteiger charge is 2.50. The zero-order chi connectivity index (χ0) is 16.3. The Morgan fingerprint density at radius 3 is 2.42 bits per heavy atom. The van der Waals surface area contributed by atoms with Crippen molar-refractivity contribution < 1.29 is 5.11 Å². The summed E-state index contributed by atoms with van der Waals surface area (Å²) in [6.07, 6.45) is 17.6. The summed E-state index contributed by atoms with van der Waals surface area (Å²) in [6.45, 7) is 0. The maximum absolute atomic E-state index is 10.6. The number of hydrogen-bond acceptors (Lipinski definition) is 1. The van der Waals surface area contributed by atoms with E-state index >= 15 is 0 Å². The topological polar surface area (TPSA) is 20.2 Å². The molecule has 5 rings (SSSR count). The Morgan fingerprint density at radius 2 is 1.50 bits per heavy atom. The lowest BCUT2D eigenvalue weighted by atomic mass is 9.49. The van der Waals surface area contributed by atoms with Crippen molar-refractivity contribution in [1.29, 1.82) is 0 Å². The molecule has 0 aromatic carbocycles. The lowest BCUT2D eigenvalue weighted by Crippen LogP contribution is -2.47. The maximum atomic E-state index is 10.6. The van der Waals surface area contributed by atoms with Crippen molar-refractivity contribution in [3.8, 4) is 0 Å². The second-order valence-corrected chi connectivity index (χ2v) is 9.74. The van der Waals surface area contributed by atoms with Gasteiger partial charge < -0.3 is 5.11 Å². The Morgan fingerprint density at radius 1 is 0.750 bits per heavy atom. The van der Waals surface area contributed by atoms with E-state index in [9.17, 15) is 5.11 Å². The molecule has 4 fully saturated rings. The summed E-state index contributed by atoms with van der Waals surface area (Å²) in [5.41, 5.74) is 1.77. The molecule has 0 spiro atoms. The van der Waals surface area contributed by atoms with Gasteiger partial charge in [0.05, 0.1) is 14.0 Å². The Labute approximate surface area is 149 Å². The molecule has 2 heteroatoms. The number of hydrogen-bond donors (Lipinski definition) is 1. The van der Waals surface area contributed by atoms with Gasteiger partial charge in [-0.2, -0.15) is 0 Å². The minimum Gasteiger partial charge on any atom is -0.393 e. The minimum absolute atomic E-state index is 0.0254. The van der Waals surface area contributed by atoms with Crippen molar-refractivity contribution >= 4 is 7.85 Å². The molecule has 9 atom stereocenters. The lowest BCUT2D eigenvalue weighted by Gasteiger charge is -2.55. The summed E-state index contributed by atoms with van der Waals surface area (Å²) < 4.78 is 0. The van der Waals surface area contributed by atoms with Crippen molar-refractivity contribution in [3.63, 3.8) is 0 Å². The molecule has 7 unspecified atom stereocenters. The Kier molecular flexibility index (Phi) is 4.12. The van der Waals surface area contributed by atoms with Crippen LogP contribution in [0.2, 0.25) is 5.82 Å². The van der Waals surface area contributed by atoms with Gasteiger partial charge in [-0.15, -0.1) is 0 Å². The largest absolute Gasteiger partial charge is 0.393 e. The molecule has 130 valence electrons. The fraction of sp³-hybridized carbons (Fsp3) is 0.909. The second-order valence-electron chi connectivity index (χ2n) is 9.74. The molecular weight excluding hydrogens is 291 g/mol. The Balaban J connectivity index is 1.40. The third kappa shape index (κ3) is 2.38. The van der Waals surface area contributed by atoms with Crippen LogP contribution in [0.15, 0.2) is 11.6 Å². The molecule has 0 amide bonds. The van der Waals surface area contributed by atoms with Crippen molar-refractivity contribution in [1.82, 2.24) is 0 Å². The summed E-state index contributed by atoms with van der Waals surface area (Å²) >= 11 is 0. The van der Waals surface area contributed by atoms with Crippen LogP contribution in [0.4, 0.5) is 0 Å². The van der Waals surface area contributed by atoms with Crippen molar-refractivity contribution in [2.45, 2.75) is 82.6 Å². The van der Waals surface area contributed by atoms with Gasteiger partial charge in [0.2, 0.25) is 0 Å². The molecule has 0 aromatic rings. The van der Waals surface area contributed by atoms with Crippen LogP contribution in [0.3, 0.4) is 0 Å². The van der Waals surface area contributed by atoms with E-state index < -0.39 is 0 Å². The molecule has 0 heterocycles. The highest BCUT2D eigenvalue weighted by atomic mass is 16.3. The standard InChI is InChI=1S/C22H33BO/c23-21-12-11-19-18-8-7-15-14-4-2-1-3-13(14)5-6-16(15)17(18)9-10-20(19)22(21)24/h8,13-17,19-22,24H,1-7,9-12H2/t13?,14?,15?,16?,17?,19?,20?,21-,22+/m1/s1. The monoisotopic (exact) mass is 324 g/mol. The molecule has 24 heavy (non-hydrogen) atoms. The number of allylic oxidation sites excluding steroid dienone is 2. The van der Waals surface area contributed by atoms with Crippen LogP contribution in [0.1, 0.15) is 70.6 Å². The summed E-state index contributed by atoms with van der Waals surface area (Å²) in [6, 6.07) is 0. The lowest BCUT2D eigenvalue weighted by molar-refractivity contribution is -0.0166. The molecular formula is C22H33BO. The van der Waals surface area contributed by atoms with Crippen LogP contribution in [-0.4, -0.2) is 19.1 Å². The average Bonchev–Trinajstić information content (AvgIpc) is 2.63. The van der Waals surface area contributed by atoms with Crippen LogP contribution in [0, 0.1) is 41.4 Å². The molecule has 4 saturated carbocycles. The first-order valence-corrected chi connectivity index (χ1v) is 10.9. The first kappa shape index (κ1) is 16.0. The van der Waals surface area contributed by atoms with Gasteiger partial charge in [0, 0.05) is 0 Å². The predicted molar refractivity (Wildman–Crippen MR) is 98.8 cm³/mol. The molecule has 0 saturated heterocycles. The maximum Gasteiger partial charge on any atom is 0.0734 e. The quantitative estimate of drug-likeness (QED) is 0.496. The predicted octanol–water partition coefficient (Wildman–Crippen LogP) is 4.90. The van der Waals surface area contributed by atoms with Crippen LogP contribution in [0.5, 0.6) is 0 Å². The van der Waals surface area contributed by atoms with E-state index in [4.69, 9.17) is 7.85 Å². The van der Waals surface area contributed by atoms with Gasteiger partial charge in [-0.25, -0.2) is 0 Å². The van der Waals surface area contributed by atoms with Gasteiger partial charge in [0.1, 0.15) is 0 Å². The van der Waals surface area contributed by atoms with Crippen LogP contribution in [0.25, 0.3) is 0 Å². The number of rotatable bonds is 0. The number of aliphatic hydroxyl groups excluding tert-OH is 1. The van der Waals surface area contributed by atoms with E-state index in [0.29, 0.717) is 11.8 Å². The normalized spacial score (nSPS) is 53.9. The molecule has 0 bridgehead atoms. The molecule has 5 aliphatic carbocycles. The molecule has 5 aliphatic rings. The average molecular weight is 324 g/mol. The highest BCUT2D eigenvalue weighted by Crippen LogP contribution is 2.59. The van der Waals surface area contributed by atoms with Gasteiger partial charge in [-0.1, -0.05) is 43.1 Å². The Bertz CT molecular complexity index is 514. The Hall–Kier alpha value is -0.235. The van der Waals surface area contributed by atoms with Crippen LogP contribution in [-0.2, 0) is 0 Å². The van der Waals surface area contributed by atoms with Gasteiger partial charge in [-0.05, 0) is 86.4 Å². The van der Waals surface area contributed by atoms with E-state index in [2.05, 4.69) is 6.08 Å². The number of aliphatic hydroxyl groups is 1. The third-order valence-electron chi connectivity index (χ3n) is 8.95. The van der Waals surface area contributed by atoms with E-state index in [-0.39, 0.29) is 11.9 Å². The summed E-state index contributed by atoms with van der Waals surface area (Å²) in [7, 11) is 6.16. The third-order valence-corrected chi connectivity index (χ3v) is 8.95. The van der Waals surface area contributed by atoms with E-state index in [0.717, 1.165) is 36.0 Å². The SMILES string of the molecule is [B][C@@H]1CCC2C3=CCC4C5CCCCC5CCC4C3CCC2[C@@H]1O.